The lowest BCUT2D eigenvalue weighted by molar-refractivity contribution is 0.571. The number of thiazole rings is 1. The summed E-state index contributed by atoms with van der Waals surface area (Å²) in [7, 11) is 0. The molecule has 4 aromatic rings. The Kier molecular flexibility index (Phi) is 4.10. The van der Waals surface area contributed by atoms with Crippen LogP contribution in [0.25, 0.3) is 32.6 Å². The molecular weight excluding hydrogens is 352 g/mol. The summed E-state index contributed by atoms with van der Waals surface area (Å²) in [6, 6.07) is 21.0. The van der Waals surface area contributed by atoms with E-state index >= 15 is 0 Å². The number of para-hydroxylation sites is 1. The molecule has 3 nitrogen and oxygen atoms in total. The molecule has 0 saturated heterocycles. The number of rotatable bonds is 3. The molecule has 0 spiro atoms. The Morgan fingerprint density at radius 3 is 2.64 bits per heavy atom. The van der Waals surface area contributed by atoms with Gasteiger partial charge >= 0.3 is 0 Å². The molecule has 2 heterocycles. The van der Waals surface area contributed by atoms with Crippen molar-refractivity contribution in [2.75, 3.05) is 0 Å². The van der Waals surface area contributed by atoms with E-state index < -0.39 is 0 Å². The van der Waals surface area contributed by atoms with Crippen molar-refractivity contribution in [2.24, 2.45) is 0 Å². The fourth-order valence-electron chi connectivity index (χ4n) is 2.47. The second-order valence-corrected chi connectivity index (χ2v) is 6.83. The molecular formula is C20H11ClN2OS. The van der Waals surface area contributed by atoms with Crippen molar-refractivity contribution in [2.45, 2.75) is 0 Å². The Hall–Kier alpha value is -2.87. The molecule has 0 unspecified atom stereocenters. The predicted octanol–water partition coefficient (Wildman–Crippen LogP) is 6.27. The third kappa shape index (κ3) is 3.20. The van der Waals surface area contributed by atoms with E-state index in [9.17, 15) is 5.26 Å². The van der Waals surface area contributed by atoms with E-state index in [2.05, 4.69) is 11.1 Å². The molecule has 25 heavy (non-hydrogen) atoms. The van der Waals surface area contributed by atoms with Gasteiger partial charge in [0.25, 0.3) is 0 Å². The molecule has 2 aromatic carbocycles. The van der Waals surface area contributed by atoms with Crippen LogP contribution in [-0.4, -0.2) is 4.98 Å². The molecule has 0 aliphatic rings. The van der Waals surface area contributed by atoms with Gasteiger partial charge in [-0.15, -0.1) is 11.3 Å². The quantitative estimate of drug-likeness (QED) is 0.403. The van der Waals surface area contributed by atoms with E-state index in [-0.39, 0.29) is 0 Å². The second kappa shape index (κ2) is 6.56. The first kappa shape index (κ1) is 15.6. The van der Waals surface area contributed by atoms with Gasteiger partial charge in [0, 0.05) is 5.02 Å². The first-order valence-corrected chi connectivity index (χ1v) is 8.76. The van der Waals surface area contributed by atoms with Crippen molar-refractivity contribution in [3.05, 3.63) is 77.0 Å². The Balaban J connectivity index is 1.68. The molecule has 0 aliphatic carbocycles. The molecule has 4 rings (SSSR count). The molecule has 0 radical (unpaired) electrons. The minimum absolute atomic E-state index is 0.516. The van der Waals surface area contributed by atoms with E-state index in [1.807, 2.05) is 48.5 Å². The molecule has 120 valence electrons. The number of halogens is 1. The lowest BCUT2D eigenvalue weighted by atomic mass is 10.1. The van der Waals surface area contributed by atoms with Crippen LogP contribution in [0, 0.1) is 11.3 Å². The highest BCUT2D eigenvalue weighted by atomic mass is 35.5. The Labute approximate surface area is 153 Å². The van der Waals surface area contributed by atoms with Gasteiger partial charge in [-0.05, 0) is 48.0 Å². The summed E-state index contributed by atoms with van der Waals surface area (Å²) < 4.78 is 6.99. The van der Waals surface area contributed by atoms with Crippen molar-refractivity contribution in [3.8, 4) is 16.8 Å². The smallest absolute Gasteiger partial charge is 0.163 e. The molecule has 2 aromatic heterocycles. The molecule has 0 bridgehead atoms. The van der Waals surface area contributed by atoms with E-state index in [1.165, 1.54) is 0 Å². The number of benzene rings is 2. The van der Waals surface area contributed by atoms with E-state index in [4.69, 9.17) is 16.0 Å². The highest BCUT2D eigenvalue weighted by Gasteiger charge is 2.10. The van der Waals surface area contributed by atoms with Crippen LogP contribution < -0.4 is 0 Å². The summed E-state index contributed by atoms with van der Waals surface area (Å²) in [6.45, 7) is 0. The van der Waals surface area contributed by atoms with E-state index in [0.29, 0.717) is 22.1 Å². The van der Waals surface area contributed by atoms with Gasteiger partial charge in [-0.1, -0.05) is 35.9 Å². The van der Waals surface area contributed by atoms with Crippen LogP contribution in [0.2, 0.25) is 5.02 Å². The topological polar surface area (TPSA) is 49.8 Å². The lowest BCUT2D eigenvalue weighted by Gasteiger charge is -1.98. The van der Waals surface area contributed by atoms with Gasteiger partial charge in [0.05, 0.1) is 21.9 Å². The number of furan rings is 1. The Morgan fingerprint density at radius 2 is 1.88 bits per heavy atom. The molecule has 0 saturated carbocycles. The first-order chi connectivity index (χ1) is 12.2. The van der Waals surface area contributed by atoms with Crippen molar-refractivity contribution in [1.82, 2.24) is 4.98 Å². The molecule has 0 amide bonds. The van der Waals surface area contributed by atoms with Crippen molar-refractivity contribution >= 4 is 44.8 Å². The third-order valence-electron chi connectivity index (χ3n) is 3.69. The fraction of sp³-hybridized carbons (Fsp3) is 0. The van der Waals surface area contributed by atoms with Gasteiger partial charge in [-0.3, -0.25) is 0 Å². The van der Waals surface area contributed by atoms with Gasteiger partial charge < -0.3 is 4.42 Å². The number of hydrogen-bond acceptors (Lipinski definition) is 4. The summed E-state index contributed by atoms with van der Waals surface area (Å²) in [5, 5.41) is 10.9. The van der Waals surface area contributed by atoms with Crippen LogP contribution in [0.1, 0.15) is 11.3 Å². The molecule has 0 fully saturated rings. The van der Waals surface area contributed by atoms with Crippen LogP contribution in [-0.2, 0) is 0 Å². The molecule has 0 atom stereocenters. The SMILES string of the molecule is N#C/C(=C\c1ccc(-c2nc3ccccc3s2)o1)c1ccc(Cl)cc1. The van der Waals surface area contributed by atoms with Crippen molar-refractivity contribution in [3.63, 3.8) is 0 Å². The maximum Gasteiger partial charge on any atom is 0.163 e. The zero-order valence-corrected chi connectivity index (χ0v) is 14.5. The zero-order valence-electron chi connectivity index (χ0n) is 12.9. The number of nitrogens with zero attached hydrogens (tertiary/aromatic N) is 2. The average molecular weight is 363 g/mol. The summed E-state index contributed by atoms with van der Waals surface area (Å²) >= 11 is 7.48. The number of allylic oxidation sites excluding steroid dienone is 1. The minimum atomic E-state index is 0.516. The summed E-state index contributed by atoms with van der Waals surface area (Å²) in [5.41, 5.74) is 2.27. The summed E-state index contributed by atoms with van der Waals surface area (Å²) in [6.07, 6.45) is 1.72. The van der Waals surface area contributed by atoms with Crippen LogP contribution in [0.15, 0.2) is 65.1 Å². The van der Waals surface area contributed by atoms with E-state index in [1.54, 1.807) is 29.5 Å². The highest BCUT2D eigenvalue weighted by Crippen LogP contribution is 2.32. The van der Waals surface area contributed by atoms with Gasteiger partial charge in [0.2, 0.25) is 0 Å². The monoisotopic (exact) mass is 362 g/mol. The van der Waals surface area contributed by atoms with Gasteiger partial charge in [0.15, 0.2) is 10.8 Å². The second-order valence-electron chi connectivity index (χ2n) is 5.37. The number of hydrogen-bond donors (Lipinski definition) is 0. The molecule has 0 N–H and O–H groups in total. The molecule has 5 heteroatoms. The normalized spacial score (nSPS) is 11.6. The predicted molar refractivity (Wildman–Crippen MR) is 102 cm³/mol. The largest absolute Gasteiger partial charge is 0.454 e. The first-order valence-electron chi connectivity index (χ1n) is 7.56. The summed E-state index contributed by atoms with van der Waals surface area (Å²) in [5.74, 6) is 1.31. The maximum atomic E-state index is 9.43. The third-order valence-corrected chi connectivity index (χ3v) is 5.00. The fourth-order valence-corrected chi connectivity index (χ4v) is 3.53. The van der Waals surface area contributed by atoms with Crippen LogP contribution >= 0.6 is 22.9 Å². The van der Waals surface area contributed by atoms with Gasteiger partial charge in [-0.25, -0.2) is 4.98 Å². The van der Waals surface area contributed by atoms with Crippen molar-refractivity contribution < 1.29 is 4.42 Å². The maximum absolute atomic E-state index is 9.43. The zero-order chi connectivity index (χ0) is 17.2. The minimum Gasteiger partial charge on any atom is -0.454 e. The van der Waals surface area contributed by atoms with Gasteiger partial charge in [-0.2, -0.15) is 5.26 Å². The average Bonchev–Trinajstić information content (AvgIpc) is 3.27. The number of aromatic nitrogens is 1. The Bertz CT molecular complexity index is 1080. The standard InChI is InChI=1S/C20H11ClN2OS/c21-15-7-5-13(6-8-15)14(12-22)11-16-9-10-18(24-16)20-23-17-3-1-2-4-19(17)25-20/h1-11H/b14-11+. The van der Waals surface area contributed by atoms with Crippen molar-refractivity contribution in [1.29, 1.82) is 5.26 Å². The number of fused-ring (bicyclic) bond motifs is 1. The van der Waals surface area contributed by atoms with Crippen LogP contribution in [0.5, 0.6) is 0 Å². The van der Waals surface area contributed by atoms with E-state index in [0.717, 1.165) is 20.8 Å². The van der Waals surface area contributed by atoms with Gasteiger partial charge in [0.1, 0.15) is 5.76 Å². The Morgan fingerprint density at radius 1 is 1.08 bits per heavy atom. The van der Waals surface area contributed by atoms with Crippen LogP contribution in [0.3, 0.4) is 0 Å². The molecule has 0 aliphatic heterocycles. The highest BCUT2D eigenvalue weighted by molar-refractivity contribution is 7.21. The lowest BCUT2D eigenvalue weighted by Crippen LogP contribution is -1.80. The summed E-state index contributed by atoms with van der Waals surface area (Å²) in [4.78, 5) is 4.59. The van der Waals surface area contributed by atoms with Crippen LogP contribution in [0.4, 0.5) is 0 Å². The number of nitriles is 1.